The Hall–Kier alpha value is -1.98. The maximum Gasteiger partial charge on any atom is 0.129 e. The highest BCUT2D eigenvalue weighted by Gasteiger charge is 2.18. The summed E-state index contributed by atoms with van der Waals surface area (Å²) >= 11 is 3.51. The Morgan fingerprint density at radius 2 is 1.83 bits per heavy atom. The topological polar surface area (TPSA) is 32.3 Å². The van der Waals surface area contributed by atoms with Crippen LogP contribution in [-0.4, -0.2) is 41.0 Å². The summed E-state index contributed by atoms with van der Waals surface area (Å²) in [6.07, 6.45) is 1.86. The number of nitrogens with zero attached hydrogens (tertiary/aromatic N) is 4. The molecule has 122 valence electrons. The number of hydrogen-bond donors (Lipinski definition) is 0. The van der Waals surface area contributed by atoms with Gasteiger partial charge in [0, 0.05) is 48.8 Å². The molecule has 0 unspecified atom stereocenters. The van der Waals surface area contributed by atoms with Gasteiger partial charge in [-0.05, 0) is 42.5 Å². The molecule has 0 spiro atoms. The lowest BCUT2D eigenvalue weighted by atomic mass is 10.2. The minimum absolute atomic E-state index is 0.924. The number of fused-ring (bicyclic) bond motifs is 1. The molecule has 24 heavy (non-hydrogen) atoms. The third-order valence-corrected chi connectivity index (χ3v) is 4.94. The first-order chi connectivity index (χ1) is 11.8. The van der Waals surface area contributed by atoms with Crippen LogP contribution in [0.4, 0.5) is 5.82 Å². The predicted octanol–water partition coefficient (Wildman–Crippen LogP) is 3.71. The molecule has 3 aromatic rings. The summed E-state index contributed by atoms with van der Waals surface area (Å²) in [5.41, 5.74) is 2.19. The molecule has 5 heteroatoms. The van der Waals surface area contributed by atoms with Gasteiger partial charge in [-0.1, -0.05) is 22.0 Å². The van der Waals surface area contributed by atoms with E-state index >= 15 is 0 Å². The normalized spacial score (nSPS) is 15.8. The second kappa shape index (κ2) is 6.87. The smallest absolute Gasteiger partial charge is 0.129 e. The van der Waals surface area contributed by atoms with E-state index in [2.05, 4.69) is 67.1 Å². The molecule has 0 radical (unpaired) electrons. The largest absolute Gasteiger partial charge is 0.354 e. The highest BCUT2D eigenvalue weighted by atomic mass is 79.9. The molecule has 1 aliphatic rings. The van der Waals surface area contributed by atoms with Crippen LogP contribution < -0.4 is 4.90 Å². The van der Waals surface area contributed by atoms with Gasteiger partial charge in [-0.2, -0.15) is 0 Å². The van der Waals surface area contributed by atoms with Gasteiger partial charge in [0.1, 0.15) is 5.82 Å². The first-order valence-electron chi connectivity index (χ1n) is 8.21. The summed E-state index contributed by atoms with van der Waals surface area (Å²) in [5.74, 6) is 1.07. The molecule has 0 amide bonds. The number of hydrogen-bond acceptors (Lipinski definition) is 4. The molecule has 3 heterocycles. The monoisotopic (exact) mass is 382 g/mol. The molecule has 1 aliphatic heterocycles. The molecule has 0 N–H and O–H groups in total. The third-order valence-electron chi connectivity index (χ3n) is 4.44. The van der Waals surface area contributed by atoms with E-state index in [1.165, 1.54) is 5.39 Å². The van der Waals surface area contributed by atoms with Crippen LogP contribution in [0.3, 0.4) is 0 Å². The maximum atomic E-state index is 4.82. The average molecular weight is 383 g/mol. The van der Waals surface area contributed by atoms with E-state index in [4.69, 9.17) is 4.98 Å². The van der Waals surface area contributed by atoms with E-state index < -0.39 is 0 Å². The van der Waals surface area contributed by atoms with Crippen molar-refractivity contribution < 1.29 is 0 Å². The van der Waals surface area contributed by atoms with Crippen LogP contribution in [0.1, 0.15) is 5.69 Å². The SMILES string of the molecule is Brc1ccc2nc(N3CCN(Cc4ccccn4)CC3)ccc2c1. The molecule has 2 aromatic heterocycles. The Bertz CT molecular complexity index is 829. The number of aromatic nitrogens is 2. The van der Waals surface area contributed by atoms with E-state index in [-0.39, 0.29) is 0 Å². The van der Waals surface area contributed by atoms with Gasteiger partial charge in [0.15, 0.2) is 0 Å². The Balaban J connectivity index is 1.43. The van der Waals surface area contributed by atoms with Crippen LogP contribution in [0, 0.1) is 0 Å². The van der Waals surface area contributed by atoms with E-state index in [0.29, 0.717) is 0 Å². The molecule has 1 fully saturated rings. The van der Waals surface area contributed by atoms with Crippen LogP contribution in [0.15, 0.2) is 59.2 Å². The zero-order valence-corrected chi connectivity index (χ0v) is 15.0. The summed E-state index contributed by atoms with van der Waals surface area (Å²) in [4.78, 5) is 14.1. The molecule has 0 aliphatic carbocycles. The summed E-state index contributed by atoms with van der Waals surface area (Å²) in [5, 5.41) is 1.17. The Kier molecular flexibility index (Phi) is 4.45. The summed E-state index contributed by atoms with van der Waals surface area (Å²) in [7, 11) is 0. The fraction of sp³-hybridized carbons (Fsp3) is 0.263. The minimum Gasteiger partial charge on any atom is -0.354 e. The van der Waals surface area contributed by atoms with Crippen LogP contribution >= 0.6 is 15.9 Å². The van der Waals surface area contributed by atoms with Crippen molar-refractivity contribution in [3.8, 4) is 0 Å². The van der Waals surface area contributed by atoms with Gasteiger partial charge in [-0.15, -0.1) is 0 Å². The minimum atomic E-state index is 0.924. The van der Waals surface area contributed by atoms with Crippen molar-refractivity contribution in [1.82, 2.24) is 14.9 Å². The standard InChI is InChI=1S/C19H19BrN4/c20-16-5-6-18-15(13-16)4-7-19(22-18)24-11-9-23(10-12-24)14-17-3-1-2-8-21-17/h1-8,13H,9-12,14H2. The Morgan fingerprint density at radius 1 is 0.958 bits per heavy atom. The number of halogens is 1. The van der Waals surface area contributed by atoms with Crippen molar-refractivity contribution in [3.63, 3.8) is 0 Å². The molecule has 0 atom stereocenters. The highest BCUT2D eigenvalue weighted by molar-refractivity contribution is 9.10. The van der Waals surface area contributed by atoms with Gasteiger partial charge in [0.25, 0.3) is 0 Å². The van der Waals surface area contributed by atoms with Gasteiger partial charge in [-0.3, -0.25) is 9.88 Å². The Morgan fingerprint density at radius 3 is 2.62 bits per heavy atom. The second-order valence-electron chi connectivity index (χ2n) is 6.09. The molecule has 4 nitrogen and oxygen atoms in total. The lowest BCUT2D eigenvalue weighted by Crippen LogP contribution is -2.46. The fourth-order valence-corrected chi connectivity index (χ4v) is 3.50. The van der Waals surface area contributed by atoms with Crippen molar-refractivity contribution in [2.45, 2.75) is 6.54 Å². The van der Waals surface area contributed by atoms with Crippen LogP contribution in [0.5, 0.6) is 0 Å². The molecule has 0 bridgehead atoms. The quantitative estimate of drug-likeness (QED) is 0.690. The summed E-state index contributed by atoms with van der Waals surface area (Å²) in [6.45, 7) is 5.00. The number of piperazine rings is 1. The lowest BCUT2D eigenvalue weighted by Gasteiger charge is -2.35. The average Bonchev–Trinajstić information content (AvgIpc) is 2.63. The van der Waals surface area contributed by atoms with Gasteiger partial charge >= 0.3 is 0 Å². The van der Waals surface area contributed by atoms with Crippen molar-refractivity contribution in [3.05, 3.63) is 64.9 Å². The molecule has 0 saturated carbocycles. The molecule has 1 saturated heterocycles. The zero-order valence-electron chi connectivity index (χ0n) is 13.4. The number of pyridine rings is 2. The zero-order chi connectivity index (χ0) is 16.4. The lowest BCUT2D eigenvalue weighted by molar-refractivity contribution is 0.246. The van der Waals surface area contributed by atoms with Crippen LogP contribution in [0.25, 0.3) is 10.9 Å². The molecular weight excluding hydrogens is 364 g/mol. The molecular formula is C19H19BrN4. The third kappa shape index (κ3) is 3.42. The van der Waals surface area contributed by atoms with Crippen LogP contribution in [-0.2, 0) is 6.54 Å². The second-order valence-corrected chi connectivity index (χ2v) is 7.01. The van der Waals surface area contributed by atoms with Gasteiger partial charge in [0.2, 0.25) is 0 Å². The molecule has 4 rings (SSSR count). The van der Waals surface area contributed by atoms with Crippen molar-refractivity contribution >= 4 is 32.7 Å². The summed E-state index contributed by atoms with van der Waals surface area (Å²) < 4.78 is 1.09. The van der Waals surface area contributed by atoms with E-state index in [1.807, 2.05) is 18.3 Å². The van der Waals surface area contributed by atoms with Crippen molar-refractivity contribution in [1.29, 1.82) is 0 Å². The van der Waals surface area contributed by atoms with Crippen molar-refractivity contribution in [2.24, 2.45) is 0 Å². The predicted molar refractivity (Wildman–Crippen MR) is 101 cm³/mol. The van der Waals surface area contributed by atoms with Gasteiger partial charge < -0.3 is 4.90 Å². The van der Waals surface area contributed by atoms with Crippen LogP contribution in [0.2, 0.25) is 0 Å². The van der Waals surface area contributed by atoms with Gasteiger partial charge in [-0.25, -0.2) is 4.98 Å². The van der Waals surface area contributed by atoms with E-state index in [9.17, 15) is 0 Å². The fourth-order valence-electron chi connectivity index (χ4n) is 3.12. The van der Waals surface area contributed by atoms with E-state index in [0.717, 1.165) is 54.2 Å². The summed E-state index contributed by atoms with van der Waals surface area (Å²) in [6, 6.07) is 16.6. The maximum absolute atomic E-state index is 4.82. The molecule has 1 aromatic carbocycles. The van der Waals surface area contributed by atoms with E-state index in [1.54, 1.807) is 0 Å². The first-order valence-corrected chi connectivity index (χ1v) is 9.01. The first kappa shape index (κ1) is 15.5. The Labute approximate surface area is 150 Å². The van der Waals surface area contributed by atoms with Crippen molar-refractivity contribution in [2.75, 3.05) is 31.1 Å². The number of benzene rings is 1. The van der Waals surface area contributed by atoms with Gasteiger partial charge in [0.05, 0.1) is 11.2 Å². The highest BCUT2D eigenvalue weighted by Crippen LogP contribution is 2.22. The number of rotatable bonds is 3. The number of anilines is 1.